The second-order valence-corrected chi connectivity index (χ2v) is 8.94. The van der Waals surface area contributed by atoms with E-state index in [4.69, 9.17) is 4.74 Å². The van der Waals surface area contributed by atoms with Gasteiger partial charge in [0.15, 0.2) is 5.13 Å². The molecule has 0 spiro atoms. The van der Waals surface area contributed by atoms with Crippen LogP contribution in [0.25, 0.3) is 0 Å². The number of nitrogens with one attached hydrogen (secondary N) is 3. The maximum atomic E-state index is 12.7. The topological polar surface area (TPSA) is 109 Å². The summed E-state index contributed by atoms with van der Waals surface area (Å²) in [6.07, 6.45) is 7.17. The molecule has 1 aliphatic carbocycles. The SMILES string of the molecule is CC(C)(C)OC(=O)NCC(=O)NC(CC1CCCCC1)C(=O)Nc1nccs1. The number of anilines is 1. The molecule has 1 saturated carbocycles. The Balaban J connectivity index is 1.90. The molecule has 0 radical (unpaired) electrons. The highest BCUT2D eigenvalue weighted by molar-refractivity contribution is 7.13. The minimum Gasteiger partial charge on any atom is -0.444 e. The van der Waals surface area contributed by atoms with Crippen molar-refractivity contribution >= 4 is 34.4 Å². The van der Waals surface area contributed by atoms with E-state index in [2.05, 4.69) is 20.9 Å². The summed E-state index contributed by atoms with van der Waals surface area (Å²) in [5.41, 5.74) is -0.641. The van der Waals surface area contributed by atoms with Gasteiger partial charge in [0.25, 0.3) is 0 Å². The number of alkyl carbamates (subject to hydrolysis) is 1. The first kappa shape index (κ1) is 22.1. The summed E-state index contributed by atoms with van der Waals surface area (Å²) in [4.78, 5) is 40.7. The molecule has 1 aliphatic rings. The Labute approximate surface area is 169 Å². The molecule has 0 aliphatic heterocycles. The fraction of sp³-hybridized carbons (Fsp3) is 0.684. The van der Waals surface area contributed by atoms with Gasteiger partial charge in [-0.05, 0) is 33.1 Å². The highest BCUT2D eigenvalue weighted by Crippen LogP contribution is 2.27. The molecule has 3 N–H and O–H groups in total. The van der Waals surface area contributed by atoms with Crippen molar-refractivity contribution in [3.8, 4) is 0 Å². The number of carbonyl (C=O) groups is 3. The van der Waals surface area contributed by atoms with Crippen LogP contribution in [0.2, 0.25) is 0 Å². The van der Waals surface area contributed by atoms with E-state index in [-0.39, 0.29) is 12.5 Å². The standard InChI is InChI=1S/C19H30N4O4S/c1-19(2,3)27-18(26)21-12-15(24)22-14(11-13-7-5-4-6-8-13)16(25)23-17-20-9-10-28-17/h9-10,13-14H,4-8,11-12H2,1-3H3,(H,21,26)(H,22,24)(H,20,23,25). The number of carbonyl (C=O) groups excluding carboxylic acids is 3. The zero-order chi connectivity index (χ0) is 20.6. The summed E-state index contributed by atoms with van der Waals surface area (Å²) in [5.74, 6) is -0.313. The fourth-order valence-corrected chi connectivity index (χ4v) is 3.71. The van der Waals surface area contributed by atoms with Gasteiger partial charge >= 0.3 is 6.09 Å². The van der Waals surface area contributed by atoms with Crippen LogP contribution in [0.15, 0.2) is 11.6 Å². The molecule has 1 unspecified atom stereocenters. The van der Waals surface area contributed by atoms with Gasteiger partial charge in [-0.2, -0.15) is 0 Å². The van der Waals surface area contributed by atoms with Gasteiger partial charge in [-0.15, -0.1) is 11.3 Å². The van der Waals surface area contributed by atoms with Gasteiger partial charge in [0.1, 0.15) is 18.2 Å². The zero-order valence-electron chi connectivity index (χ0n) is 16.7. The van der Waals surface area contributed by atoms with Crippen molar-refractivity contribution in [2.45, 2.75) is 70.9 Å². The molecule has 8 nitrogen and oxygen atoms in total. The Kier molecular flexibility index (Phi) is 8.22. The number of hydrogen-bond donors (Lipinski definition) is 3. The highest BCUT2D eigenvalue weighted by Gasteiger charge is 2.27. The molecule has 1 fully saturated rings. The summed E-state index contributed by atoms with van der Waals surface area (Å²) in [6, 6.07) is -0.667. The van der Waals surface area contributed by atoms with Gasteiger partial charge in [0.2, 0.25) is 11.8 Å². The zero-order valence-corrected chi connectivity index (χ0v) is 17.6. The number of rotatable bonds is 7. The molecule has 1 aromatic rings. The van der Waals surface area contributed by atoms with E-state index in [9.17, 15) is 14.4 Å². The van der Waals surface area contributed by atoms with Crippen molar-refractivity contribution in [1.29, 1.82) is 0 Å². The number of hydrogen-bond acceptors (Lipinski definition) is 6. The molecule has 0 saturated heterocycles. The van der Waals surface area contributed by atoms with Gasteiger partial charge in [0, 0.05) is 11.6 Å². The van der Waals surface area contributed by atoms with E-state index >= 15 is 0 Å². The molecular formula is C19H30N4O4S. The summed E-state index contributed by atoms with van der Waals surface area (Å²) in [7, 11) is 0. The van der Waals surface area contributed by atoms with Crippen LogP contribution >= 0.6 is 11.3 Å². The van der Waals surface area contributed by atoms with Crippen molar-refractivity contribution in [1.82, 2.24) is 15.6 Å². The lowest BCUT2D eigenvalue weighted by atomic mass is 9.84. The van der Waals surface area contributed by atoms with Crippen molar-refractivity contribution in [3.63, 3.8) is 0 Å². The van der Waals surface area contributed by atoms with E-state index in [1.807, 2.05) is 0 Å². The Morgan fingerprint density at radius 2 is 1.96 bits per heavy atom. The summed E-state index contributed by atoms with van der Waals surface area (Å²) in [5, 5.41) is 10.2. The van der Waals surface area contributed by atoms with E-state index in [0.29, 0.717) is 17.5 Å². The van der Waals surface area contributed by atoms with Crippen molar-refractivity contribution in [3.05, 3.63) is 11.6 Å². The smallest absolute Gasteiger partial charge is 0.408 e. The summed E-state index contributed by atoms with van der Waals surface area (Å²) >= 11 is 1.32. The third-order valence-corrected chi connectivity index (χ3v) is 5.09. The number of aromatic nitrogens is 1. The lowest BCUT2D eigenvalue weighted by Crippen LogP contribution is -2.48. The van der Waals surface area contributed by atoms with Gasteiger partial charge in [-0.25, -0.2) is 9.78 Å². The quantitative estimate of drug-likeness (QED) is 0.640. The van der Waals surface area contributed by atoms with Crippen LogP contribution in [0, 0.1) is 5.92 Å². The molecule has 1 heterocycles. The molecule has 0 bridgehead atoms. The predicted octanol–water partition coefficient (Wildman–Crippen LogP) is 3.06. The molecule has 0 aromatic carbocycles. The van der Waals surface area contributed by atoms with E-state index < -0.39 is 23.6 Å². The fourth-order valence-electron chi connectivity index (χ4n) is 3.18. The Morgan fingerprint density at radius 1 is 1.25 bits per heavy atom. The van der Waals surface area contributed by atoms with Crippen LogP contribution in [-0.4, -0.2) is 41.1 Å². The first-order chi connectivity index (χ1) is 13.2. The Hall–Kier alpha value is -2.16. The number of nitrogens with zero attached hydrogens (tertiary/aromatic N) is 1. The number of ether oxygens (including phenoxy) is 1. The van der Waals surface area contributed by atoms with Crippen LogP contribution in [-0.2, 0) is 14.3 Å². The highest BCUT2D eigenvalue weighted by atomic mass is 32.1. The second-order valence-electron chi connectivity index (χ2n) is 8.04. The van der Waals surface area contributed by atoms with Gasteiger partial charge in [-0.3, -0.25) is 9.59 Å². The van der Waals surface area contributed by atoms with Gasteiger partial charge in [-0.1, -0.05) is 32.1 Å². The second kappa shape index (κ2) is 10.4. The maximum Gasteiger partial charge on any atom is 0.408 e. The predicted molar refractivity (Wildman–Crippen MR) is 108 cm³/mol. The van der Waals surface area contributed by atoms with Crippen LogP contribution in [0.4, 0.5) is 9.93 Å². The average Bonchev–Trinajstić information content (AvgIpc) is 3.12. The summed E-state index contributed by atoms with van der Waals surface area (Å²) < 4.78 is 5.12. The minimum absolute atomic E-state index is 0.249. The van der Waals surface area contributed by atoms with E-state index in [1.54, 1.807) is 32.3 Å². The van der Waals surface area contributed by atoms with Crippen molar-refractivity contribution in [2.75, 3.05) is 11.9 Å². The van der Waals surface area contributed by atoms with Crippen LogP contribution in [0.3, 0.4) is 0 Å². The first-order valence-corrected chi connectivity index (χ1v) is 10.6. The third kappa shape index (κ3) is 8.24. The molecule has 3 amide bonds. The number of amides is 3. The molecule has 9 heteroatoms. The summed E-state index contributed by atoms with van der Waals surface area (Å²) in [6.45, 7) is 4.99. The average molecular weight is 411 g/mol. The lowest BCUT2D eigenvalue weighted by Gasteiger charge is -2.26. The lowest BCUT2D eigenvalue weighted by molar-refractivity contribution is -0.126. The Bertz CT molecular complexity index is 651. The van der Waals surface area contributed by atoms with Crippen molar-refractivity contribution in [2.24, 2.45) is 5.92 Å². The first-order valence-electron chi connectivity index (χ1n) is 9.69. The normalized spacial score (nSPS) is 16.1. The number of thiazole rings is 1. The molecule has 1 atom stereocenters. The maximum absolute atomic E-state index is 12.7. The monoisotopic (exact) mass is 410 g/mol. The van der Waals surface area contributed by atoms with Crippen LogP contribution < -0.4 is 16.0 Å². The van der Waals surface area contributed by atoms with Gasteiger partial charge < -0.3 is 20.7 Å². The Morgan fingerprint density at radius 3 is 2.57 bits per heavy atom. The van der Waals surface area contributed by atoms with Crippen molar-refractivity contribution < 1.29 is 19.1 Å². The molecule has 156 valence electrons. The van der Waals surface area contributed by atoms with E-state index in [0.717, 1.165) is 25.7 Å². The largest absolute Gasteiger partial charge is 0.444 e. The molecule has 28 heavy (non-hydrogen) atoms. The molecule has 2 rings (SSSR count). The van der Waals surface area contributed by atoms with Crippen LogP contribution in [0.5, 0.6) is 0 Å². The molecular weight excluding hydrogens is 380 g/mol. The van der Waals surface area contributed by atoms with E-state index in [1.165, 1.54) is 17.8 Å². The third-order valence-electron chi connectivity index (χ3n) is 4.40. The van der Waals surface area contributed by atoms with Crippen LogP contribution in [0.1, 0.15) is 59.3 Å². The minimum atomic E-state index is -0.668. The molecule has 1 aromatic heterocycles. The van der Waals surface area contributed by atoms with Gasteiger partial charge in [0.05, 0.1) is 0 Å².